The smallest absolute Gasteiger partial charge is 0.304 e. The maximum absolute atomic E-state index is 12.5. The highest BCUT2D eigenvalue weighted by molar-refractivity contribution is 7.98. The molecule has 0 aliphatic carbocycles. The maximum atomic E-state index is 12.5. The number of aromatic nitrogens is 3. The maximum Gasteiger partial charge on any atom is 0.416 e. The van der Waals surface area contributed by atoms with Crippen molar-refractivity contribution < 1.29 is 13.2 Å². The highest BCUT2D eigenvalue weighted by Gasteiger charge is 2.29. The number of benzene rings is 1. The van der Waals surface area contributed by atoms with Crippen LogP contribution in [-0.2, 0) is 19.0 Å². The van der Waals surface area contributed by atoms with E-state index in [2.05, 4.69) is 10.2 Å². The van der Waals surface area contributed by atoms with Crippen molar-refractivity contribution >= 4 is 23.1 Å². The Morgan fingerprint density at radius 2 is 1.87 bits per heavy atom. The molecule has 1 aromatic carbocycles. The van der Waals surface area contributed by atoms with Gasteiger partial charge in [-0.3, -0.25) is 0 Å². The van der Waals surface area contributed by atoms with Crippen LogP contribution in [-0.4, -0.2) is 14.8 Å². The van der Waals surface area contributed by atoms with Crippen LogP contribution in [0.4, 0.5) is 13.2 Å². The van der Waals surface area contributed by atoms with Crippen molar-refractivity contribution in [3.05, 3.63) is 52.9 Å². The molecule has 0 radical (unpaired) electrons. The van der Waals surface area contributed by atoms with E-state index in [4.69, 9.17) is 0 Å². The van der Waals surface area contributed by atoms with Gasteiger partial charge < -0.3 is 4.57 Å². The summed E-state index contributed by atoms with van der Waals surface area (Å²) < 4.78 is 39.5. The Balaban J connectivity index is 1.69. The molecule has 3 nitrogen and oxygen atoms in total. The lowest BCUT2D eigenvalue weighted by Gasteiger charge is -2.07. The zero-order valence-electron chi connectivity index (χ0n) is 12.0. The van der Waals surface area contributed by atoms with Crippen molar-refractivity contribution in [2.45, 2.75) is 17.1 Å². The summed E-state index contributed by atoms with van der Waals surface area (Å²) in [5, 5.41) is 11.0. The summed E-state index contributed by atoms with van der Waals surface area (Å²) in [6.07, 6.45) is -4.30. The van der Waals surface area contributed by atoms with E-state index in [1.54, 1.807) is 11.3 Å². The molecule has 0 spiro atoms. The van der Waals surface area contributed by atoms with Crippen molar-refractivity contribution in [1.82, 2.24) is 14.8 Å². The second kappa shape index (κ2) is 6.37. The minimum atomic E-state index is -4.30. The van der Waals surface area contributed by atoms with E-state index >= 15 is 0 Å². The lowest BCUT2D eigenvalue weighted by molar-refractivity contribution is -0.137. The van der Waals surface area contributed by atoms with E-state index in [0.29, 0.717) is 5.75 Å². The standard InChI is InChI=1S/C15H12F3N3S2/c1-21-13(12-3-2-8-22-12)19-20-14(21)23-9-10-4-6-11(7-5-10)15(16,17)18/h2-8H,9H2,1H3. The summed E-state index contributed by atoms with van der Waals surface area (Å²) in [6, 6.07) is 9.11. The van der Waals surface area contributed by atoms with Crippen LogP contribution in [0, 0.1) is 0 Å². The Morgan fingerprint density at radius 3 is 2.48 bits per heavy atom. The van der Waals surface area contributed by atoms with Crippen molar-refractivity contribution in [3.63, 3.8) is 0 Å². The van der Waals surface area contributed by atoms with E-state index in [1.807, 2.05) is 29.1 Å². The summed E-state index contributed by atoms with van der Waals surface area (Å²) in [5.74, 6) is 1.32. The Kier molecular flexibility index (Phi) is 4.45. The van der Waals surface area contributed by atoms with E-state index in [9.17, 15) is 13.2 Å². The number of hydrogen-bond acceptors (Lipinski definition) is 4. The van der Waals surface area contributed by atoms with E-state index in [1.165, 1.54) is 23.9 Å². The van der Waals surface area contributed by atoms with Gasteiger partial charge in [-0.25, -0.2) is 0 Å². The monoisotopic (exact) mass is 355 g/mol. The minimum absolute atomic E-state index is 0.536. The van der Waals surface area contributed by atoms with Gasteiger partial charge in [-0.05, 0) is 29.1 Å². The quantitative estimate of drug-likeness (QED) is 0.627. The van der Waals surface area contributed by atoms with Gasteiger partial charge in [0.2, 0.25) is 0 Å². The second-order valence-corrected chi connectivity index (χ2v) is 6.72. The zero-order chi connectivity index (χ0) is 16.4. The number of rotatable bonds is 4. The molecule has 3 rings (SSSR count). The summed E-state index contributed by atoms with van der Waals surface area (Å²) in [5.41, 5.74) is 0.175. The molecular formula is C15H12F3N3S2. The van der Waals surface area contributed by atoms with Gasteiger partial charge in [0.25, 0.3) is 0 Å². The molecule has 0 atom stereocenters. The van der Waals surface area contributed by atoms with Gasteiger partial charge in [-0.1, -0.05) is 30.0 Å². The average molecular weight is 355 g/mol. The lowest BCUT2D eigenvalue weighted by atomic mass is 10.1. The predicted molar refractivity (Wildman–Crippen MR) is 85.3 cm³/mol. The lowest BCUT2D eigenvalue weighted by Crippen LogP contribution is -2.04. The van der Waals surface area contributed by atoms with Crippen LogP contribution in [0.5, 0.6) is 0 Å². The van der Waals surface area contributed by atoms with E-state index in [-0.39, 0.29) is 0 Å². The Labute approximate surface area is 139 Å². The van der Waals surface area contributed by atoms with Gasteiger partial charge in [0.1, 0.15) is 0 Å². The molecule has 8 heteroatoms. The fourth-order valence-corrected chi connectivity index (χ4v) is 3.61. The first-order valence-corrected chi connectivity index (χ1v) is 8.54. The van der Waals surface area contributed by atoms with Crippen LogP contribution >= 0.6 is 23.1 Å². The molecule has 23 heavy (non-hydrogen) atoms. The third-order valence-electron chi connectivity index (χ3n) is 3.23. The van der Waals surface area contributed by atoms with Crippen LogP contribution in [0.3, 0.4) is 0 Å². The molecule has 0 bridgehead atoms. The molecule has 0 saturated carbocycles. The van der Waals surface area contributed by atoms with E-state index in [0.717, 1.165) is 33.6 Å². The van der Waals surface area contributed by atoms with Crippen LogP contribution in [0.1, 0.15) is 11.1 Å². The summed E-state index contributed by atoms with van der Waals surface area (Å²) in [6.45, 7) is 0. The van der Waals surface area contributed by atoms with Crippen LogP contribution < -0.4 is 0 Å². The van der Waals surface area contributed by atoms with Crippen LogP contribution in [0.25, 0.3) is 10.7 Å². The summed E-state index contributed by atoms with van der Waals surface area (Å²) in [4.78, 5) is 1.03. The van der Waals surface area contributed by atoms with Gasteiger partial charge >= 0.3 is 6.18 Å². The van der Waals surface area contributed by atoms with Gasteiger partial charge in [-0.2, -0.15) is 13.2 Å². The number of halogens is 3. The third kappa shape index (κ3) is 3.59. The Morgan fingerprint density at radius 1 is 1.13 bits per heavy atom. The minimum Gasteiger partial charge on any atom is -0.304 e. The normalized spacial score (nSPS) is 11.8. The number of hydrogen-bond donors (Lipinski definition) is 0. The van der Waals surface area contributed by atoms with Gasteiger partial charge in [0.05, 0.1) is 10.4 Å². The molecule has 0 amide bonds. The topological polar surface area (TPSA) is 30.7 Å². The summed E-state index contributed by atoms with van der Waals surface area (Å²) in [7, 11) is 1.88. The molecule has 2 heterocycles. The van der Waals surface area contributed by atoms with Crippen molar-refractivity contribution in [2.24, 2.45) is 7.05 Å². The molecule has 0 saturated heterocycles. The third-order valence-corrected chi connectivity index (χ3v) is 5.18. The van der Waals surface area contributed by atoms with Gasteiger partial charge in [-0.15, -0.1) is 21.5 Å². The molecule has 0 aliphatic heterocycles. The molecule has 0 N–H and O–H groups in total. The predicted octanol–water partition coefficient (Wildman–Crippen LogP) is 4.85. The van der Waals surface area contributed by atoms with Crippen molar-refractivity contribution in [1.29, 1.82) is 0 Å². The Hall–Kier alpha value is -1.80. The largest absolute Gasteiger partial charge is 0.416 e. The van der Waals surface area contributed by atoms with E-state index < -0.39 is 11.7 Å². The SMILES string of the molecule is Cn1c(SCc2ccc(C(F)(F)F)cc2)nnc1-c1cccs1. The first-order chi connectivity index (χ1) is 10.9. The highest BCUT2D eigenvalue weighted by Crippen LogP contribution is 2.31. The molecule has 0 fully saturated rings. The molecule has 120 valence electrons. The van der Waals surface area contributed by atoms with Crippen molar-refractivity contribution in [3.8, 4) is 10.7 Å². The first kappa shape index (κ1) is 16.1. The number of thiophene rings is 1. The van der Waals surface area contributed by atoms with Gasteiger partial charge in [0.15, 0.2) is 11.0 Å². The molecular weight excluding hydrogens is 343 g/mol. The molecule has 0 aliphatic rings. The highest BCUT2D eigenvalue weighted by atomic mass is 32.2. The van der Waals surface area contributed by atoms with Crippen molar-refractivity contribution in [2.75, 3.05) is 0 Å². The number of thioether (sulfide) groups is 1. The molecule has 2 aromatic heterocycles. The first-order valence-electron chi connectivity index (χ1n) is 6.67. The number of alkyl halides is 3. The summed E-state index contributed by atoms with van der Waals surface area (Å²) >= 11 is 3.03. The molecule has 3 aromatic rings. The number of nitrogens with zero attached hydrogens (tertiary/aromatic N) is 3. The second-order valence-electron chi connectivity index (χ2n) is 4.83. The van der Waals surface area contributed by atoms with Gasteiger partial charge in [0, 0.05) is 12.8 Å². The fourth-order valence-electron chi connectivity index (χ4n) is 2.00. The van der Waals surface area contributed by atoms with Crippen LogP contribution in [0.15, 0.2) is 46.9 Å². The zero-order valence-corrected chi connectivity index (χ0v) is 13.7. The molecule has 0 unspecified atom stereocenters. The fraction of sp³-hybridized carbons (Fsp3) is 0.200. The van der Waals surface area contributed by atoms with Crippen LogP contribution in [0.2, 0.25) is 0 Å². The Bertz CT molecular complexity index is 777. The average Bonchev–Trinajstić information content (AvgIpc) is 3.14.